The number of benzene rings is 2. The van der Waals surface area contributed by atoms with Crippen molar-refractivity contribution in [2.75, 3.05) is 0 Å². The van der Waals surface area contributed by atoms with E-state index in [0.29, 0.717) is 5.25 Å². The van der Waals surface area contributed by atoms with E-state index in [9.17, 15) is 0 Å². The van der Waals surface area contributed by atoms with E-state index in [-0.39, 0.29) is 0 Å². The molecular weight excluding hydrogens is 272 g/mol. The van der Waals surface area contributed by atoms with E-state index < -0.39 is 0 Å². The van der Waals surface area contributed by atoms with Crippen molar-refractivity contribution in [2.45, 2.75) is 56.6 Å². The van der Waals surface area contributed by atoms with Crippen molar-refractivity contribution < 1.29 is 0 Å². The van der Waals surface area contributed by atoms with Crippen molar-refractivity contribution in [2.24, 2.45) is 0 Å². The summed E-state index contributed by atoms with van der Waals surface area (Å²) in [5.74, 6) is 0. The maximum atomic E-state index is 2.32. The van der Waals surface area contributed by atoms with E-state index in [4.69, 9.17) is 0 Å². The van der Waals surface area contributed by atoms with Crippen LogP contribution in [-0.4, -0.2) is 5.25 Å². The smallest absolute Gasteiger partial charge is 0.0113 e. The molecule has 112 valence electrons. The van der Waals surface area contributed by atoms with Crippen molar-refractivity contribution in [3.8, 4) is 11.1 Å². The molecule has 0 spiro atoms. The van der Waals surface area contributed by atoms with Crippen molar-refractivity contribution >= 4 is 11.8 Å². The van der Waals surface area contributed by atoms with E-state index >= 15 is 0 Å². The Bertz CT molecular complexity index is 545. The average Bonchev–Trinajstić information content (AvgIpc) is 2.54. The molecule has 2 aromatic carbocycles. The van der Waals surface area contributed by atoms with Crippen LogP contribution in [0.1, 0.15) is 45.6 Å². The largest absolute Gasteiger partial charge is 0.123 e. The molecule has 0 aromatic heterocycles. The molecule has 0 aliphatic carbocycles. The number of hydrogen-bond acceptors (Lipinski definition) is 1. The lowest BCUT2D eigenvalue weighted by atomic mass is 9.96. The van der Waals surface area contributed by atoms with Gasteiger partial charge >= 0.3 is 0 Å². The second kappa shape index (κ2) is 8.29. The molecule has 0 aliphatic heterocycles. The Morgan fingerprint density at radius 3 is 2.38 bits per heavy atom. The summed E-state index contributed by atoms with van der Waals surface area (Å²) in [6.45, 7) is 6.86. The molecule has 0 radical (unpaired) electrons. The van der Waals surface area contributed by atoms with Gasteiger partial charge in [0.2, 0.25) is 0 Å². The Labute approximate surface area is 134 Å². The van der Waals surface area contributed by atoms with Crippen LogP contribution in [0, 0.1) is 0 Å². The first-order chi connectivity index (χ1) is 10.3. The van der Waals surface area contributed by atoms with Gasteiger partial charge in [0.25, 0.3) is 0 Å². The van der Waals surface area contributed by atoms with Gasteiger partial charge in [0.15, 0.2) is 0 Å². The quantitative estimate of drug-likeness (QED) is 0.520. The molecular formula is C20H26S. The SMILES string of the molecule is CCCCc1c(SC(C)CC)cccc1-c1ccccc1. The van der Waals surface area contributed by atoms with E-state index in [1.54, 1.807) is 0 Å². The Hall–Kier alpha value is -1.21. The lowest BCUT2D eigenvalue weighted by Crippen LogP contribution is -1.98. The molecule has 1 atom stereocenters. The second-order valence-corrected chi connectivity index (χ2v) is 7.07. The van der Waals surface area contributed by atoms with Crippen LogP contribution >= 0.6 is 11.8 Å². The third-order valence-electron chi connectivity index (χ3n) is 3.90. The van der Waals surface area contributed by atoms with Gasteiger partial charge < -0.3 is 0 Å². The standard InChI is InChI=1S/C20H26S/c1-4-6-13-19-18(17-11-8-7-9-12-17)14-10-15-20(19)21-16(3)5-2/h7-12,14-16H,4-6,13H2,1-3H3. The fourth-order valence-corrected chi connectivity index (χ4v) is 3.59. The van der Waals surface area contributed by atoms with Gasteiger partial charge in [-0.15, -0.1) is 11.8 Å². The highest BCUT2D eigenvalue weighted by molar-refractivity contribution is 8.00. The van der Waals surface area contributed by atoms with Crippen LogP contribution in [0.15, 0.2) is 53.4 Å². The summed E-state index contributed by atoms with van der Waals surface area (Å²) in [6, 6.07) is 17.6. The normalized spacial score (nSPS) is 12.3. The van der Waals surface area contributed by atoms with Crippen LogP contribution in [-0.2, 0) is 6.42 Å². The van der Waals surface area contributed by atoms with Crippen LogP contribution in [0.4, 0.5) is 0 Å². The molecule has 2 rings (SSSR count). The van der Waals surface area contributed by atoms with Gasteiger partial charge in [-0.1, -0.05) is 69.7 Å². The zero-order chi connectivity index (χ0) is 15.1. The summed E-state index contributed by atoms with van der Waals surface area (Å²) >= 11 is 2.03. The van der Waals surface area contributed by atoms with E-state index in [1.807, 2.05) is 11.8 Å². The molecule has 2 aromatic rings. The van der Waals surface area contributed by atoms with Gasteiger partial charge in [-0.05, 0) is 42.0 Å². The van der Waals surface area contributed by atoms with Gasteiger partial charge in [0.1, 0.15) is 0 Å². The van der Waals surface area contributed by atoms with E-state index in [1.165, 1.54) is 47.3 Å². The average molecular weight is 298 g/mol. The fraction of sp³-hybridized carbons (Fsp3) is 0.400. The number of rotatable bonds is 7. The first kappa shape index (κ1) is 16.2. The summed E-state index contributed by atoms with van der Waals surface area (Å²) in [7, 11) is 0. The predicted octanol–water partition coefficient (Wildman–Crippen LogP) is 6.59. The van der Waals surface area contributed by atoms with Crippen LogP contribution in [0.2, 0.25) is 0 Å². The highest BCUT2D eigenvalue weighted by Crippen LogP contribution is 2.35. The number of unbranched alkanes of at least 4 members (excludes halogenated alkanes) is 1. The highest BCUT2D eigenvalue weighted by Gasteiger charge is 2.12. The van der Waals surface area contributed by atoms with Crippen molar-refractivity contribution in [1.82, 2.24) is 0 Å². The Kier molecular flexibility index (Phi) is 6.38. The molecule has 0 fully saturated rings. The number of thioether (sulfide) groups is 1. The topological polar surface area (TPSA) is 0 Å². The van der Waals surface area contributed by atoms with E-state index in [2.05, 4.69) is 69.3 Å². The maximum Gasteiger partial charge on any atom is 0.0113 e. The molecule has 1 unspecified atom stereocenters. The molecule has 0 heterocycles. The Balaban J connectivity index is 2.41. The van der Waals surface area contributed by atoms with E-state index in [0.717, 1.165) is 0 Å². The first-order valence-corrected chi connectivity index (χ1v) is 8.98. The lowest BCUT2D eigenvalue weighted by molar-refractivity contribution is 0.785. The zero-order valence-electron chi connectivity index (χ0n) is 13.4. The molecule has 0 amide bonds. The first-order valence-electron chi connectivity index (χ1n) is 8.10. The summed E-state index contributed by atoms with van der Waals surface area (Å²) in [4.78, 5) is 1.47. The summed E-state index contributed by atoms with van der Waals surface area (Å²) in [6.07, 6.45) is 4.91. The highest BCUT2D eigenvalue weighted by atomic mass is 32.2. The van der Waals surface area contributed by atoms with Crippen LogP contribution in [0.3, 0.4) is 0 Å². The van der Waals surface area contributed by atoms with Crippen LogP contribution in [0.5, 0.6) is 0 Å². The van der Waals surface area contributed by atoms with Gasteiger partial charge in [-0.25, -0.2) is 0 Å². The van der Waals surface area contributed by atoms with Gasteiger partial charge in [0, 0.05) is 10.1 Å². The number of hydrogen-bond donors (Lipinski definition) is 0. The molecule has 0 saturated carbocycles. The molecule has 0 N–H and O–H groups in total. The third kappa shape index (κ3) is 4.38. The van der Waals surface area contributed by atoms with Crippen LogP contribution in [0.25, 0.3) is 11.1 Å². The molecule has 0 saturated heterocycles. The minimum Gasteiger partial charge on any atom is -0.123 e. The van der Waals surface area contributed by atoms with Crippen molar-refractivity contribution in [3.63, 3.8) is 0 Å². The summed E-state index contributed by atoms with van der Waals surface area (Å²) in [5.41, 5.74) is 4.29. The molecule has 0 nitrogen and oxygen atoms in total. The third-order valence-corrected chi connectivity index (χ3v) is 5.27. The summed E-state index contributed by atoms with van der Waals surface area (Å²) in [5, 5.41) is 0.677. The van der Waals surface area contributed by atoms with Gasteiger partial charge in [0.05, 0.1) is 0 Å². The predicted molar refractivity (Wildman–Crippen MR) is 96.1 cm³/mol. The van der Waals surface area contributed by atoms with Crippen LogP contribution < -0.4 is 0 Å². The Morgan fingerprint density at radius 1 is 0.952 bits per heavy atom. The molecule has 0 bridgehead atoms. The maximum absolute atomic E-state index is 2.32. The second-order valence-electron chi connectivity index (χ2n) is 5.59. The van der Waals surface area contributed by atoms with Crippen molar-refractivity contribution in [1.29, 1.82) is 0 Å². The molecule has 21 heavy (non-hydrogen) atoms. The molecule has 1 heteroatoms. The minimum absolute atomic E-state index is 0.677. The molecule has 0 aliphatic rings. The fourth-order valence-electron chi connectivity index (χ4n) is 2.48. The minimum atomic E-state index is 0.677. The van der Waals surface area contributed by atoms with Gasteiger partial charge in [-0.2, -0.15) is 0 Å². The summed E-state index contributed by atoms with van der Waals surface area (Å²) < 4.78 is 0. The van der Waals surface area contributed by atoms with Gasteiger partial charge in [-0.3, -0.25) is 0 Å². The lowest BCUT2D eigenvalue weighted by Gasteiger charge is -2.17. The van der Waals surface area contributed by atoms with Crippen molar-refractivity contribution in [3.05, 3.63) is 54.1 Å². The Morgan fingerprint density at radius 2 is 1.71 bits per heavy atom. The zero-order valence-corrected chi connectivity index (χ0v) is 14.2. The monoisotopic (exact) mass is 298 g/mol.